The zero-order valence-electron chi connectivity index (χ0n) is 48.6. The Morgan fingerprint density at radius 2 is 0.719 bits per heavy atom. The molecule has 416 valence electrons. The number of benzene rings is 14. The normalized spacial score (nSPS) is 11.7. The number of fused-ring (bicyclic) bond motifs is 7. The third-order valence-electron chi connectivity index (χ3n) is 17.7. The molecule has 3 heterocycles. The minimum atomic E-state index is 0.712. The maximum Gasteiger partial charge on any atom is 0.160 e. The van der Waals surface area contributed by atoms with E-state index in [1.54, 1.807) is 0 Å². The molecule has 0 radical (unpaired) electrons. The summed E-state index contributed by atoms with van der Waals surface area (Å²) in [5.41, 5.74) is 22.5. The van der Waals surface area contributed by atoms with E-state index in [0.717, 1.165) is 128 Å². The van der Waals surface area contributed by atoms with Gasteiger partial charge in [-0.3, -0.25) is 4.57 Å². The van der Waals surface area contributed by atoms with Crippen molar-refractivity contribution in [3.05, 3.63) is 309 Å². The average molecular weight is 1140 g/mol. The van der Waals surface area contributed by atoms with Crippen LogP contribution in [0, 0.1) is 0 Å². The monoisotopic (exact) mass is 1130 g/mol. The predicted molar refractivity (Wildman–Crippen MR) is 370 cm³/mol. The molecule has 6 heteroatoms. The van der Waals surface area contributed by atoms with Gasteiger partial charge in [0.25, 0.3) is 0 Å². The average Bonchev–Trinajstić information content (AvgIpc) is 1.84. The molecule has 17 aromatic rings. The van der Waals surface area contributed by atoms with Crippen LogP contribution in [-0.2, 0) is 7.05 Å². The first-order valence-electron chi connectivity index (χ1n) is 30.2. The Kier molecular flexibility index (Phi) is 12.3. The smallest absolute Gasteiger partial charge is 0.160 e. The Hall–Kier alpha value is -11.9. The van der Waals surface area contributed by atoms with Crippen molar-refractivity contribution in [3.8, 4) is 107 Å². The maximum absolute atomic E-state index is 5.41. The summed E-state index contributed by atoms with van der Waals surface area (Å²) in [5.74, 6) is 2.54. The lowest BCUT2D eigenvalue weighted by Gasteiger charge is -2.20. The Morgan fingerprint density at radius 3 is 1.36 bits per heavy atom. The number of hydrogen-bond acceptors (Lipinski definition) is 4. The van der Waals surface area contributed by atoms with E-state index in [0.29, 0.717) is 5.82 Å². The molecule has 0 bridgehead atoms. The van der Waals surface area contributed by atoms with E-state index in [9.17, 15) is 0 Å². The third kappa shape index (κ3) is 8.96. The van der Waals surface area contributed by atoms with Crippen LogP contribution < -0.4 is 0 Å². The number of aryl methyl sites for hydroxylation is 1. The van der Waals surface area contributed by atoms with Crippen LogP contribution in [0.4, 0.5) is 0 Å². The molecule has 0 saturated carbocycles. The fourth-order valence-corrected chi connectivity index (χ4v) is 13.4. The van der Waals surface area contributed by atoms with Gasteiger partial charge in [0.2, 0.25) is 0 Å². The van der Waals surface area contributed by atoms with E-state index in [1.165, 1.54) is 38.2 Å². The van der Waals surface area contributed by atoms with Gasteiger partial charge in [0, 0.05) is 45.8 Å². The van der Waals surface area contributed by atoms with Crippen molar-refractivity contribution in [3.63, 3.8) is 0 Å². The van der Waals surface area contributed by atoms with Gasteiger partial charge < -0.3 is 4.57 Å². The van der Waals surface area contributed by atoms with Crippen molar-refractivity contribution >= 4 is 65.3 Å². The highest BCUT2D eigenvalue weighted by Crippen LogP contribution is 2.47. The molecule has 6 nitrogen and oxygen atoms in total. The van der Waals surface area contributed by atoms with Crippen LogP contribution in [0.15, 0.2) is 309 Å². The van der Waals surface area contributed by atoms with Crippen LogP contribution in [0.3, 0.4) is 0 Å². The lowest BCUT2D eigenvalue weighted by molar-refractivity contribution is 0.959. The zero-order valence-corrected chi connectivity index (χ0v) is 48.6. The summed E-state index contributed by atoms with van der Waals surface area (Å²) in [7, 11) is 2.10. The van der Waals surface area contributed by atoms with Crippen molar-refractivity contribution in [2.24, 2.45) is 7.05 Å². The quantitative estimate of drug-likeness (QED) is 0.101. The Labute approximate surface area is 514 Å². The molecule has 0 unspecified atom stereocenters. The molecule has 0 aliphatic carbocycles. The van der Waals surface area contributed by atoms with E-state index in [-0.39, 0.29) is 0 Å². The fraction of sp³-hybridized carbons (Fsp3) is 0.0120. The van der Waals surface area contributed by atoms with Crippen molar-refractivity contribution in [2.75, 3.05) is 0 Å². The number of rotatable bonds is 10. The molecular formula is C83H54N6. The molecule has 0 fully saturated rings. The van der Waals surface area contributed by atoms with Gasteiger partial charge >= 0.3 is 0 Å². The minimum absolute atomic E-state index is 0.712. The van der Waals surface area contributed by atoms with Crippen LogP contribution in [0.5, 0.6) is 0 Å². The van der Waals surface area contributed by atoms with E-state index in [2.05, 4.69) is 301 Å². The molecule has 0 saturated heterocycles. The van der Waals surface area contributed by atoms with Gasteiger partial charge in [-0.05, 0) is 137 Å². The van der Waals surface area contributed by atoms with E-state index < -0.39 is 0 Å². The minimum Gasteiger partial charge on any atom is -0.327 e. The van der Waals surface area contributed by atoms with Gasteiger partial charge in [-0.25, -0.2) is 19.9 Å². The van der Waals surface area contributed by atoms with Crippen molar-refractivity contribution in [1.82, 2.24) is 29.1 Å². The molecule has 3 aromatic heterocycles. The highest BCUT2D eigenvalue weighted by Gasteiger charge is 2.22. The van der Waals surface area contributed by atoms with Gasteiger partial charge in [0.15, 0.2) is 5.82 Å². The summed E-state index contributed by atoms with van der Waals surface area (Å²) in [6.07, 6.45) is 0. The van der Waals surface area contributed by atoms with Crippen LogP contribution in [0.2, 0.25) is 0 Å². The number of hydrogen-bond donors (Lipinski definition) is 0. The second-order valence-corrected chi connectivity index (χ2v) is 23.0. The van der Waals surface area contributed by atoms with Crippen molar-refractivity contribution in [1.29, 1.82) is 0 Å². The number of para-hydroxylation sites is 1. The molecular weight excluding hydrogens is 1080 g/mol. The van der Waals surface area contributed by atoms with Gasteiger partial charge in [-0.1, -0.05) is 255 Å². The van der Waals surface area contributed by atoms with E-state index >= 15 is 0 Å². The summed E-state index contributed by atoms with van der Waals surface area (Å²) < 4.78 is 4.50. The molecule has 14 aromatic carbocycles. The summed E-state index contributed by atoms with van der Waals surface area (Å²) in [6, 6.07) is 111. The molecule has 0 aliphatic heterocycles. The van der Waals surface area contributed by atoms with Crippen LogP contribution >= 0.6 is 0 Å². The number of imidazole rings is 2. The van der Waals surface area contributed by atoms with Gasteiger partial charge in [-0.15, -0.1) is 0 Å². The highest BCUT2D eigenvalue weighted by molar-refractivity contribution is 6.22. The predicted octanol–water partition coefficient (Wildman–Crippen LogP) is 21.3. The van der Waals surface area contributed by atoms with E-state index in [1.807, 2.05) is 24.3 Å². The van der Waals surface area contributed by atoms with Crippen LogP contribution in [-0.4, -0.2) is 29.1 Å². The van der Waals surface area contributed by atoms with Crippen molar-refractivity contribution < 1.29 is 0 Å². The fourth-order valence-electron chi connectivity index (χ4n) is 13.4. The Bertz CT molecular complexity index is 5560. The third-order valence-corrected chi connectivity index (χ3v) is 17.7. The Balaban J connectivity index is 0.764. The highest BCUT2D eigenvalue weighted by atomic mass is 15.1. The second-order valence-electron chi connectivity index (χ2n) is 23.0. The SMILES string of the molecule is Cn1c(-c2ccccc2)nc2cc(-c3ccc4c(-c5ccccc5)c5ccc(-c6ccc7nc(-c8ccc(-c9ccc(-c%10nc(-c%11ccccc%11)nc%11c%10ccc%10ccccc%10%11)cc9)cc8)n(-c8ccccc8)c7c6)cc5c(-c5ccccc5)c4c3)ccc21. The molecule has 17 rings (SSSR count). The Morgan fingerprint density at radius 1 is 0.258 bits per heavy atom. The van der Waals surface area contributed by atoms with Gasteiger partial charge in [0.05, 0.1) is 33.3 Å². The summed E-state index contributed by atoms with van der Waals surface area (Å²) in [4.78, 5) is 21.0. The number of nitrogens with zero attached hydrogens (tertiary/aromatic N) is 6. The lowest BCUT2D eigenvalue weighted by atomic mass is 9.84. The summed E-state index contributed by atoms with van der Waals surface area (Å²) >= 11 is 0. The first-order chi connectivity index (χ1) is 44.0. The standard InChI is InChI=1S/C83H54N6/c1-88-75-48-43-64(51-74(75)85-82(88)60-26-13-5-14-27-60)62-40-44-68-71(49-62)78(57-22-9-3-10-23-57)72-50-63(41-45-69(72)77(68)56-20-7-2-8-21-56)65-42-47-73-76(52-65)89(66-28-15-6-16-29-66)83(84-73)61-37-33-54(34-38-61)53-31-35-58(36-32-53)79-70-46-39-55-19-17-18-30-67(55)80(70)87-81(86-79)59-24-11-4-12-25-59/h2-52H,1H3. The van der Waals surface area contributed by atoms with Crippen molar-refractivity contribution in [2.45, 2.75) is 0 Å². The maximum atomic E-state index is 5.41. The summed E-state index contributed by atoms with van der Waals surface area (Å²) in [6.45, 7) is 0. The lowest BCUT2D eigenvalue weighted by Crippen LogP contribution is -1.97. The molecule has 0 spiro atoms. The number of aromatic nitrogens is 6. The molecule has 0 atom stereocenters. The van der Waals surface area contributed by atoms with Gasteiger partial charge in [0.1, 0.15) is 11.6 Å². The molecule has 0 amide bonds. The van der Waals surface area contributed by atoms with Gasteiger partial charge in [-0.2, -0.15) is 0 Å². The van der Waals surface area contributed by atoms with Crippen LogP contribution in [0.1, 0.15) is 0 Å². The first-order valence-corrected chi connectivity index (χ1v) is 30.2. The summed E-state index contributed by atoms with van der Waals surface area (Å²) in [5, 5.41) is 8.07. The largest absolute Gasteiger partial charge is 0.327 e. The van der Waals surface area contributed by atoms with Crippen LogP contribution in [0.25, 0.3) is 172 Å². The molecule has 0 aliphatic rings. The zero-order chi connectivity index (χ0) is 58.9. The molecule has 89 heavy (non-hydrogen) atoms. The molecule has 0 N–H and O–H groups in total. The van der Waals surface area contributed by atoms with E-state index in [4.69, 9.17) is 19.9 Å². The second kappa shape index (κ2) is 21.3. The topological polar surface area (TPSA) is 61.4 Å². The first kappa shape index (κ1) is 51.6.